The fraction of sp³-hybridized carbons (Fsp3) is 0.765. The molecule has 3 heteroatoms. The summed E-state index contributed by atoms with van der Waals surface area (Å²) >= 11 is 0. The summed E-state index contributed by atoms with van der Waals surface area (Å²) in [6, 6.07) is 2.59. The molecule has 0 bridgehead atoms. The molecule has 0 spiro atoms. The summed E-state index contributed by atoms with van der Waals surface area (Å²) in [4.78, 5) is 0. The molecule has 1 N–H and O–H groups in total. The largest absolute Gasteiger partial charge is 0.462 e. The Labute approximate surface area is 123 Å². The Kier molecular flexibility index (Phi) is 5.67. The third-order valence-electron chi connectivity index (χ3n) is 4.21. The minimum atomic E-state index is 0.409. The molecule has 1 fully saturated rings. The van der Waals surface area contributed by atoms with Gasteiger partial charge in [0.15, 0.2) is 0 Å². The fourth-order valence-electron chi connectivity index (χ4n) is 2.85. The van der Waals surface area contributed by atoms with E-state index in [1.165, 1.54) is 31.2 Å². The zero-order valence-electron chi connectivity index (χ0n) is 13.4. The van der Waals surface area contributed by atoms with Gasteiger partial charge in [-0.3, -0.25) is 0 Å². The molecule has 1 heterocycles. The Balaban J connectivity index is 1.85. The van der Waals surface area contributed by atoms with Crippen molar-refractivity contribution in [1.82, 2.24) is 5.32 Å². The van der Waals surface area contributed by atoms with Crippen molar-refractivity contribution in [2.45, 2.75) is 78.7 Å². The Bertz CT molecular complexity index is 411. The molecule has 20 heavy (non-hydrogen) atoms. The Morgan fingerprint density at radius 2 is 2.10 bits per heavy atom. The number of rotatable bonds is 6. The zero-order chi connectivity index (χ0) is 14.5. The van der Waals surface area contributed by atoms with Gasteiger partial charge in [-0.25, -0.2) is 0 Å². The minimum Gasteiger partial charge on any atom is -0.462 e. The number of aryl methyl sites for hydroxylation is 1. The number of hydrogen-bond donors (Lipinski definition) is 1. The Hall–Kier alpha value is -0.800. The van der Waals surface area contributed by atoms with Crippen molar-refractivity contribution in [3.8, 4) is 0 Å². The van der Waals surface area contributed by atoms with E-state index in [9.17, 15) is 0 Å². The maximum absolute atomic E-state index is 6.06. The van der Waals surface area contributed by atoms with Gasteiger partial charge in [0.05, 0.1) is 12.6 Å². The van der Waals surface area contributed by atoms with Crippen molar-refractivity contribution < 1.29 is 9.15 Å². The smallest absolute Gasteiger partial charge is 0.130 e. The molecule has 0 radical (unpaired) electrons. The van der Waals surface area contributed by atoms with Crippen LogP contribution < -0.4 is 5.32 Å². The van der Waals surface area contributed by atoms with Gasteiger partial charge < -0.3 is 14.5 Å². The monoisotopic (exact) mass is 279 g/mol. The molecule has 2 atom stereocenters. The van der Waals surface area contributed by atoms with Crippen LogP contribution >= 0.6 is 0 Å². The SMILES string of the molecule is Cc1cc(COC2CCCCC2C)oc1CNC(C)C. The molecular formula is C17H29NO2. The predicted molar refractivity (Wildman–Crippen MR) is 81.6 cm³/mol. The highest BCUT2D eigenvalue weighted by Crippen LogP contribution is 2.27. The molecule has 114 valence electrons. The van der Waals surface area contributed by atoms with Crippen LogP contribution in [-0.2, 0) is 17.9 Å². The molecule has 1 aliphatic carbocycles. The second kappa shape index (κ2) is 7.28. The van der Waals surface area contributed by atoms with Crippen LogP contribution in [0.25, 0.3) is 0 Å². The third-order valence-corrected chi connectivity index (χ3v) is 4.21. The van der Waals surface area contributed by atoms with Crippen molar-refractivity contribution in [2.75, 3.05) is 0 Å². The molecular weight excluding hydrogens is 250 g/mol. The van der Waals surface area contributed by atoms with Gasteiger partial charge in [0.25, 0.3) is 0 Å². The van der Waals surface area contributed by atoms with Crippen LogP contribution in [-0.4, -0.2) is 12.1 Å². The number of nitrogens with one attached hydrogen (secondary N) is 1. The first-order valence-electron chi connectivity index (χ1n) is 7.99. The average molecular weight is 279 g/mol. The zero-order valence-corrected chi connectivity index (χ0v) is 13.4. The van der Waals surface area contributed by atoms with Gasteiger partial charge in [0, 0.05) is 6.04 Å². The van der Waals surface area contributed by atoms with E-state index in [1.54, 1.807) is 0 Å². The van der Waals surface area contributed by atoms with E-state index in [0.717, 1.165) is 18.1 Å². The average Bonchev–Trinajstić information content (AvgIpc) is 2.76. The quantitative estimate of drug-likeness (QED) is 0.848. The van der Waals surface area contributed by atoms with Crippen LogP contribution in [0.4, 0.5) is 0 Å². The molecule has 3 nitrogen and oxygen atoms in total. The molecule has 2 rings (SSSR count). The summed E-state index contributed by atoms with van der Waals surface area (Å²) in [6.45, 7) is 10.1. The Morgan fingerprint density at radius 1 is 1.35 bits per heavy atom. The highest BCUT2D eigenvalue weighted by molar-refractivity contribution is 5.19. The standard InChI is InChI=1S/C17H29NO2/c1-12(2)18-10-17-14(4)9-15(20-17)11-19-16-8-6-5-7-13(16)3/h9,12-13,16,18H,5-8,10-11H2,1-4H3. The maximum Gasteiger partial charge on any atom is 0.130 e. The topological polar surface area (TPSA) is 34.4 Å². The van der Waals surface area contributed by atoms with Gasteiger partial charge in [0.1, 0.15) is 18.1 Å². The lowest BCUT2D eigenvalue weighted by atomic mass is 9.88. The van der Waals surface area contributed by atoms with Crippen LogP contribution in [0.2, 0.25) is 0 Å². The molecule has 1 aliphatic rings. The van der Waals surface area contributed by atoms with Gasteiger partial charge in [0.2, 0.25) is 0 Å². The van der Waals surface area contributed by atoms with Crippen molar-refractivity contribution in [3.63, 3.8) is 0 Å². The molecule has 1 aromatic heterocycles. The molecule has 1 saturated carbocycles. The van der Waals surface area contributed by atoms with Gasteiger partial charge in [-0.15, -0.1) is 0 Å². The van der Waals surface area contributed by atoms with Crippen LogP contribution in [0.1, 0.15) is 63.5 Å². The van der Waals surface area contributed by atoms with Crippen molar-refractivity contribution in [3.05, 3.63) is 23.2 Å². The normalized spacial score (nSPS) is 23.4. The van der Waals surface area contributed by atoms with Crippen LogP contribution in [0.3, 0.4) is 0 Å². The summed E-state index contributed by atoms with van der Waals surface area (Å²) in [6.07, 6.45) is 5.56. The second-order valence-corrected chi connectivity index (χ2v) is 6.47. The highest BCUT2D eigenvalue weighted by atomic mass is 16.5. The van der Waals surface area contributed by atoms with Crippen LogP contribution in [0.5, 0.6) is 0 Å². The third kappa shape index (κ3) is 4.35. The van der Waals surface area contributed by atoms with E-state index in [2.05, 4.69) is 39.1 Å². The van der Waals surface area contributed by atoms with Crippen molar-refractivity contribution in [2.24, 2.45) is 5.92 Å². The van der Waals surface area contributed by atoms with Crippen LogP contribution in [0.15, 0.2) is 10.5 Å². The molecule has 0 aliphatic heterocycles. The predicted octanol–water partition coefficient (Wildman–Crippen LogP) is 4.18. The molecule has 1 aromatic rings. The number of furan rings is 1. The maximum atomic E-state index is 6.06. The second-order valence-electron chi connectivity index (χ2n) is 6.47. The first kappa shape index (κ1) is 15.6. The number of ether oxygens (including phenoxy) is 1. The molecule has 0 amide bonds. The van der Waals surface area contributed by atoms with E-state index in [-0.39, 0.29) is 0 Å². The Morgan fingerprint density at radius 3 is 2.80 bits per heavy atom. The lowest BCUT2D eigenvalue weighted by Gasteiger charge is -2.28. The van der Waals surface area contributed by atoms with Gasteiger partial charge >= 0.3 is 0 Å². The molecule has 0 saturated heterocycles. The van der Waals surface area contributed by atoms with Gasteiger partial charge in [-0.1, -0.05) is 33.6 Å². The van der Waals surface area contributed by atoms with Crippen molar-refractivity contribution in [1.29, 1.82) is 0 Å². The number of hydrogen-bond acceptors (Lipinski definition) is 3. The summed E-state index contributed by atoms with van der Waals surface area (Å²) in [5.41, 5.74) is 1.22. The first-order valence-corrected chi connectivity index (χ1v) is 7.99. The lowest BCUT2D eigenvalue weighted by Crippen LogP contribution is -2.25. The van der Waals surface area contributed by atoms with Crippen LogP contribution in [0, 0.1) is 12.8 Å². The summed E-state index contributed by atoms with van der Waals surface area (Å²) in [5, 5.41) is 3.39. The fourth-order valence-corrected chi connectivity index (χ4v) is 2.85. The van der Waals surface area contributed by atoms with E-state index < -0.39 is 0 Å². The van der Waals surface area contributed by atoms with E-state index in [4.69, 9.17) is 9.15 Å². The van der Waals surface area contributed by atoms with E-state index in [1.807, 2.05) is 0 Å². The summed E-state index contributed by atoms with van der Waals surface area (Å²) in [5.74, 6) is 2.68. The van der Waals surface area contributed by atoms with E-state index >= 15 is 0 Å². The summed E-state index contributed by atoms with van der Waals surface area (Å²) in [7, 11) is 0. The first-order chi connectivity index (χ1) is 9.56. The minimum absolute atomic E-state index is 0.409. The van der Waals surface area contributed by atoms with Gasteiger partial charge in [-0.2, -0.15) is 0 Å². The van der Waals surface area contributed by atoms with Crippen molar-refractivity contribution >= 4 is 0 Å². The molecule has 2 unspecified atom stereocenters. The molecule has 0 aromatic carbocycles. The van der Waals surface area contributed by atoms with Gasteiger partial charge in [-0.05, 0) is 37.3 Å². The highest BCUT2D eigenvalue weighted by Gasteiger charge is 2.22. The van der Waals surface area contributed by atoms with E-state index in [0.29, 0.717) is 24.7 Å². The lowest BCUT2D eigenvalue weighted by molar-refractivity contribution is -0.0222. The summed E-state index contributed by atoms with van der Waals surface area (Å²) < 4.78 is 12.0.